The van der Waals surface area contributed by atoms with Crippen LogP contribution in [0.15, 0.2) is 126 Å². The van der Waals surface area contributed by atoms with Crippen molar-refractivity contribution in [3.05, 3.63) is 157 Å². The van der Waals surface area contributed by atoms with E-state index >= 15 is 0 Å². The molecule has 0 amide bonds. The number of rotatable bonds is 5. The van der Waals surface area contributed by atoms with Gasteiger partial charge in [0.1, 0.15) is 0 Å². The first-order chi connectivity index (χ1) is 21.6. The van der Waals surface area contributed by atoms with Gasteiger partial charge in [-0.3, -0.25) is 0 Å². The minimum atomic E-state index is -1.88. The SMILES string of the molecule is [2H]C([2H])(c1ccccc1)c1cc[c-]c(-c2[c-]cccc2)c1.[CH3][Ge]([CH3])([CH3])[c]1ccc(-c2[c-]ccc3c2oc2cc(F)ccc23)nc1.[Ir+3]. The summed E-state index contributed by atoms with van der Waals surface area (Å²) in [7, 11) is 0. The molecule has 218 valence electrons. The Bertz CT molecular complexity index is 2080. The molecule has 0 bridgehead atoms. The molecule has 0 radical (unpaired) electrons. The molecule has 0 fully saturated rings. The fourth-order valence-electron chi connectivity index (χ4n) is 4.84. The van der Waals surface area contributed by atoms with Crippen molar-refractivity contribution in [3.8, 4) is 22.4 Å². The largest absolute Gasteiger partial charge is 3.00 e. The topological polar surface area (TPSA) is 26.0 Å². The summed E-state index contributed by atoms with van der Waals surface area (Å²) < 4.78 is 37.6. The molecule has 44 heavy (non-hydrogen) atoms. The van der Waals surface area contributed by atoms with E-state index in [4.69, 9.17) is 7.16 Å². The van der Waals surface area contributed by atoms with Gasteiger partial charge in [-0.15, -0.1) is 17.7 Å². The predicted octanol–water partition coefficient (Wildman–Crippen LogP) is 9.67. The van der Waals surface area contributed by atoms with Crippen LogP contribution in [0, 0.1) is 24.0 Å². The molecule has 7 aromatic rings. The Hall–Kier alpha value is -3.83. The summed E-state index contributed by atoms with van der Waals surface area (Å²) in [6.07, 6.45) is 0.449. The third-order valence-corrected chi connectivity index (χ3v) is 11.4. The third-order valence-electron chi connectivity index (χ3n) is 7.14. The van der Waals surface area contributed by atoms with Crippen LogP contribution in [-0.2, 0) is 26.5 Å². The second-order valence-corrected chi connectivity index (χ2v) is 21.9. The summed E-state index contributed by atoms with van der Waals surface area (Å²) >= 11 is -1.88. The fourth-order valence-corrected chi connectivity index (χ4v) is 7.01. The summed E-state index contributed by atoms with van der Waals surface area (Å²) in [6.45, 7) is 0. The number of fused-ring (bicyclic) bond motifs is 3. The van der Waals surface area contributed by atoms with Crippen molar-refractivity contribution in [2.24, 2.45) is 0 Å². The van der Waals surface area contributed by atoms with Gasteiger partial charge in [0.25, 0.3) is 0 Å². The van der Waals surface area contributed by atoms with Crippen molar-refractivity contribution in [2.45, 2.75) is 23.6 Å². The molecular formula is C39H31FGeIrNO. The maximum absolute atomic E-state index is 13.5. The van der Waals surface area contributed by atoms with Gasteiger partial charge in [0.2, 0.25) is 0 Å². The van der Waals surface area contributed by atoms with Crippen LogP contribution in [0.5, 0.6) is 0 Å². The molecule has 0 spiro atoms. The van der Waals surface area contributed by atoms with Crippen molar-refractivity contribution >= 4 is 39.6 Å². The molecule has 5 aromatic carbocycles. The van der Waals surface area contributed by atoms with E-state index in [9.17, 15) is 4.39 Å². The Labute approximate surface area is 277 Å². The number of aromatic nitrogens is 1. The molecule has 7 rings (SSSR count). The molecule has 0 aliphatic heterocycles. The maximum atomic E-state index is 13.5. The van der Waals surface area contributed by atoms with Gasteiger partial charge in [0, 0.05) is 2.74 Å². The first kappa shape index (κ1) is 28.9. The number of nitrogens with zero attached hydrogens (tertiary/aromatic N) is 1. The second-order valence-electron chi connectivity index (χ2n) is 11.3. The number of hydrogen-bond donors (Lipinski definition) is 0. The predicted molar refractivity (Wildman–Crippen MR) is 178 cm³/mol. The smallest absolute Gasteiger partial charge is 3.00 e. The zero-order chi connectivity index (χ0) is 31.6. The van der Waals surface area contributed by atoms with Gasteiger partial charge < -0.3 is 0 Å². The summed E-state index contributed by atoms with van der Waals surface area (Å²) in [5.74, 6) is 6.73. The Balaban J connectivity index is 0.000000179. The number of pyridine rings is 1. The number of furan rings is 1. The van der Waals surface area contributed by atoms with Gasteiger partial charge in [-0.25, -0.2) is 11.1 Å². The summed E-state index contributed by atoms with van der Waals surface area (Å²) in [6, 6.07) is 44.4. The Morgan fingerprint density at radius 3 is 2.25 bits per heavy atom. The van der Waals surface area contributed by atoms with E-state index in [1.807, 2.05) is 85.1 Å². The molecule has 5 heteroatoms. The van der Waals surface area contributed by atoms with E-state index in [1.54, 1.807) is 18.2 Å². The standard InChI is InChI=1S/C20H17FGeNO.C19H14.Ir/c1-22(2,3)14-8-10-18(23-12-14)17-6-4-5-16-15-9-7-13(21)11-19(15)24-20(16)17;1-3-8-16(9-4-1)14-17-10-7-13-19(15-17)18-11-5-2-6-12-18;/h4-5,7-12H,1-3H3;1-11,15H,14H2;/q-1;-2;+3/i;14D2;. The molecule has 0 aliphatic rings. The number of benzene rings is 5. The zero-order valence-corrected chi connectivity index (χ0v) is 29.1. The molecule has 2 heterocycles. The Morgan fingerprint density at radius 1 is 0.750 bits per heavy atom. The van der Waals surface area contributed by atoms with Gasteiger partial charge >= 0.3 is 163 Å². The van der Waals surface area contributed by atoms with Gasteiger partial charge in [0.15, 0.2) is 0 Å². The monoisotopic (exact) mass is 817 g/mol. The first-order valence-corrected chi connectivity index (χ1v) is 21.5. The van der Waals surface area contributed by atoms with Crippen molar-refractivity contribution in [1.82, 2.24) is 4.98 Å². The van der Waals surface area contributed by atoms with E-state index < -0.39 is 19.6 Å². The second kappa shape index (κ2) is 13.9. The maximum Gasteiger partial charge on any atom is 3.00 e. The van der Waals surface area contributed by atoms with Gasteiger partial charge in [0.05, 0.1) is 0 Å². The van der Waals surface area contributed by atoms with Crippen LogP contribution in [-0.4, -0.2) is 18.3 Å². The van der Waals surface area contributed by atoms with Crippen LogP contribution < -0.4 is 4.40 Å². The van der Waals surface area contributed by atoms with Crippen LogP contribution in [0.4, 0.5) is 4.39 Å². The molecular weight excluding hydrogens is 782 g/mol. The average Bonchev–Trinajstić information content (AvgIpc) is 3.43. The molecule has 0 N–H and O–H groups in total. The Kier molecular flexibility index (Phi) is 9.11. The van der Waals surface area contributed by atoms with E-state index in [0.717, 1.165) is 33.2 Å². The summed E-state index contributed by atoms with van der Waals surface area (Å²) in [5, 5.41) is 1.86. The van der Waals surface area contributed by atoms with Gasteiger partial charge in [-0.1, -0.05) is 30.3 Å². The molecule has 0 saturated heterocycles. The van der Waals surface area contributed by atoms with E-state index in [2.05, 4.69) is 46.5 Å². The van der Waals surface area contributed by atoms with E-state index in [1.165, 1.54) is 16.5 Å². The third kappa shape index (κ3) is 7.27. The minimum Gasteiger partial charge on any atom is 3.00 e. The fraction of sp³-hybridized carbons (Fsp3) is 0.103. The molecule has 0 atom stereocenters. The van der Waals surface area contributed by atoms with E-state index in [-0.39, 0.29) is 25.9 Å². The average molecular weight is 816 g/mol. The molecule has 2 nitrogen and oxygen atoms in total. The molecule has 0 saturated carbocycles. The summed E-state index contributed by atoms with van der Waals surface area (Å²) in [4.78, 5) is 4.63. The summed E-state index contributed by atoms with van der Waals surface area (Å²) in [5.41, 5.74) is 5.95. The Morgan fingerprint density at radius 2 is 1.52 bits per heavy atom. The van der Waals surface area contributed by atoms with Gasteiger partial charge in [-0.2, -0.15) is 42.5 Å². The van der Waals surface area contributed by atoms with Crippen LogP contribution in [0.25, 0.3) is 44.3 Å². The van der Waals surface area contributed by atoms with Crippen LogP contribution >= 0.6 is 0 Å². The minimum absolute atomic E-state index is 0. The van der Waals surface area contributed by atoms with Crippen molar-refractivity contribution in [2.75, 3.05) is 0 Å². The first-order valence-electron chi connectivity index (χ1n) is 15.2. The molecule has 0 aliphatic carbocycles. The van der Waals surface area contributed by atoms with Crippen molar-refractivity contribution < 1.29 is 31.7 Å². The number of hydrogen-bond acceptors (Lipinski definition) is 2. The van der Waals surface area contributed by atoms with Crippen LogP contribution in [0.2, 0.25) is 17.3 Å². The number of halogens is 1. The molecule has 2 aromatic heterocycles. The quantitative estimate of drug-likeness (QED) is 0.128. The van der Waals surface area contributed by atoms with E-state index in [0.29, 0.717) is 22.3 Å². The normalized spacial score (nSPS) is 12.1. The zero-order valence-electron chi connectivity index (χ0n) is 26.6. The van der Waals surface area contributed by atoms with Crippen LogP contribution in [0.3, 0.4) is 0 Å². The van der Waals surface area contributed by atoms with Crippen LogP contribution in [0.1, 0.15) is 13.9 Å². The molecule has 0 unspecified atom stereocenters. The van der Waals surface area contributed by atoms with Crippen molar-refractivity contribution in [3.63, 3.8) is 0 Å². The van der Waals surface area contributed by atoms with Gasteiger partial charge in [-0.05, 0) is 11.9 Å². The van der Waals surface area contributed by atoms with Crippen molar-refractivity contribution in [1.29, 1.82) is 0 Å².